The Labute approximate surface area is 178 Å². The van der Waals surface area contributed by atoms with Gasteiger partial charge >= 0.3 is 0 Å². The number of aryl methyl sites for hydroxylation is 2. The average molecular weight is 411 g/mol. The molecule has 0 saturated carbocycles. The lowest BCUT2D eigenvalue weighted by molar-refractivity contribution is -0.0129. The van der Waals surface area contributed by atoms with E-state index >= 15 is 0 Å². The van der Waals surface area contributed by atoms with Gasteiger partial charge in [-0.2, -0.15) is 11.8 Å². The molecule has 0 aromatic heterocycles. The molecule has 1 N–H and O–H groups in total. The van der Waals surface area contributed by atoms with Crippen molar-refractivity contribution in [3.8, 4) is 0 Å². The third-order valence-electron chi connectivity index (χ3n) is 6.13. The number of morpholine rings is 1. The number of nitrogens with zero attached hydrogens (tertiary/aromatic N) is 1. The van der Waals surface area contributed by atoms with Crippen LogP contribution in [0.3, 0.4) is 0 Å². The van der Waals surface area contributed by atoms with Crippen LogP contribution in [0.1, 0.15) is 27.9 Å². The molecular formula is C24H30N2O2S. The first-order valence-corrected chi connectivity index (χ1v) is 11.7. The summed E-state index contributed by atoms with van der Waals surface area (Å²) >= 11 is 2.00. The molecule has 2 aromatic carbocycles. The van der Waals surface area contributed by atoms with Crippen LogP contribution in [0.4, 0.5) is 0 Å². The van der Waals surface area contributed by atoms with Gasteiger partial charge in [0, 0.05) is 36.5 Å². The molecule has 0 aliphatic carbocycles. The average Bonchev–Trinajstić information content (AvgIpc) is 3.28. The molecule has 4 nitrogen and oxygen atoms in total. The zero-order valence-corrected chi connectivity index (χ0v) is 17.8. The Morgan fingerprint density at radius 1 is 1.03 bits per heavy atom. The Kier molecular flexibility index (Phi) is 6.90. The number of nitrogens with one attached hydrogen (secondary N) is 1. The highest BCUT2D eigenvalue weighted by Gasteiger charge is 2.40. The van der Waals surface area contributed by atoms with Crippen LogP contribution in [0.15, 0.2) is 54.6 Å². The first-order valence-electron chi connectivity index (χ1n) is 10.6. The second-order valence-corrected chi connectivity index (χ2v) is 9.06. The molecule has 0 radical (unpaired) electrons. The van der Waals surface area contributed by atoms with Crippen LogP contribution in [-0.2, 0) is 17.6 Å². The maximum Gasteiger partial charge on any atom is 0.251 e. The van der Waals surface area contributed by atoms with Crippen LogP contribution in [0.5, 0.6) is 0 Å². The third-order valence-corrected chi connectivity index (χ3v) is 7.36. The smallest absolute Gasteiger partial charge is 0.251 e. The van der Waals surface area contributed by atoms with Gasteiger partial charge in [-0.05, 0) is 42.2 Å². The maximum absolute atomic E-state index is 13.1. The van der Waals surface area contributed by atoms with Gasteiger partial charge in [-0.15, -0.1) is 0 Å². The number of ether oxygens (including phenoxy) is 1. The standard InChI is InChI=1S/C24H30N2O2S/c27-23(25-18-24(12-17-29-19-24)26-13-15-28-16-14-26)22-9-5-4-8-21(22)11-10-20-6-2-1-3-7-20/h1-9H,10-19H2,(H,25,27). The van der Waals surface area contributed by atoms with Crippen molar-refractivity contribution in [2.45, 2.75) is 24.8 Å². The summed E-state index contributed by atoms with van der Waals surface area (Å²) < 4.78 is 5.54. The van der Waals surface area contributed by atoms with Crippen molar-refractivity contribution in [1.82, 2.24) is 10.2 Å². The molecule has 1 atom stereocenters. The lowest BCUT2D eigenvalue weighted by Crippen LogP contribution is -2.59. The van der Waals surface area contributed by atoms with Crippen molar-refractivity contribution in [1.29, 1.82) is 0 Å². The molecule has 5 heteroatoms. The van der Waals surface area contributed by atoms with E-state index in [0.717, 1.165) is 62.4 Å². The molecule has 2 aliphatic rings. The molecule has 1 amide bonds. The second kappa shape index (κ2) is 9.79. The zero-order chi connectivity index (χ0) is 19.9. The van der Waals surface area contributed by atoms with Crippen molar-refractivity contribution in [3.63, 3.8) is 0 Å². The van der Waals surface area contributed by atoms with E-state index in [9.17, 15) is 4.79 Å². The highest BCUT2D eigenvalue weighted by atomic mass is 32.2. The van der Waals surface area contributed by atoms with Gasteiger partial charge in [0.05, 0.1) is 13.2 Å². The third kappa shape index (κ3) is 5.03. The molecule has 0 bridgehead atoms. The second-order valence-electron chi connectivity index (χ2n) is 7.95. The van der Waals surface area contributed by atoms with Crippen molar-refractivity contribution in [2.24, 2.45) is 0 Å². The Morgan fingerprint density at radius 3 is 2.55 bits per heavy atom. The van der Waals surface area contributed by atoms with Gasteiger partial charge in [0.2, 0.25) is 0 Å². The normalized spacial score (nSPS) is 22.5. The Bertz CT molecular complexity index is 800. The molecule has 2 saturated heterocycles. The van der Waals surface area contributed by atoms with E-state index < -0.39 is 0 Å². The van der Waals surface area contributed by atoms with E-state index in [1.165, 1.54) is 11.3 Å². The summed E-state index contributed by atoms with van der Waals surface area (Å²) in [6.45, 7) is 4.23. The first kappa shape index (κ1) is 20.5. The van der Waals surface area contributed by atoms with Gasteiger partial charge < -0.3 is 10.1 Å². The number of benzene rings is 2. The monoisotopic (exact) mass is 410 g/mol. The summed E-state index contributed by atoms with van der Waals surface area (Å²) in [6.07, 6.45) is 2.95. The van der Waals surface area contributed by atoms with Gasteiger partial charge in [-0.25, -0.2) is 0 Å². The van der Waals surface area contributed by atoms with E-state index in [-0.39, 0.29) is 11.4 Å². The zero-order valence-electron chi connectivity index (χ0n) is 16.9. The summed E-state index contributed by atoms with van der Waals surface area (Å²) in [4.78, 5) is 15.6. The van der Waals surface area contributed by atoms with Crippen molar-refractivity contribution < 1.29 is 9.53 Å². The summed E-state index contributed by atoms with van der Waals surface area (Å²) in [6, 6.07) is 18.5. The van der Waals surface area contributed by atoms with Gasteiger partial charge in [0.1, 0.15) is 0 Å². The van der Waals surface area contributed by atoms with Gasteiger partial charge in [0.15, 0.2) is 0 Å². The van der Waals surface area contributed by atoms with E-state index in [1.807, 2.05) is 36.0 Å². The number of thioether (sulfide) groups is 1. The molecule has 2 fully saturated rings. The van der Waals surface area contributed by atoms with Gasteiger partial charge in [0.25, 0.3) is 5.91 Å². The molecule has 154 valence electrons. The van der Waals surface area contributed by atoms with Crippen LogP contribution in [-0.4, -0.2) is 60.7 Å². The summed E-state index contributed by atoms with van der Waals surface area (Å²) in [5.74, 6) is 2.31. The fraction of sp³-hybridized carbons (Fsp3) is 0.458. The van der Waals surface area contributed by atoms with Crippen LogP contribution in [0.25, 0.3) is 0 Å². The summed E-state index contributed by atoms with van der Waals surface area (Å²) in [7, 11) is 0. The maximum atomic E-state index is 13.1. The van der Waals surface area contributed by atoms with Gasteiger partial charge in [-0.1, -0.05) is 48.5 Å². The Hall–Kier alpha value is -1.82. The highest BCUT2D eigenvalue weighted by molar-refractivity contribution is 7.99. The molecule has 2 heterocycles. The topological polar surface area (TPSA) is 41.6 Å². The van der Waals surface area contributed by atoms with E-state index in [2.05, 4.69) is 40.5 Å². The molecule has 4 rings (SSSR count). The fourth-order valence-electron chi connectivity index (χ4n) is 4.36. The number of rotatable bonds is 7. The molecule has 1 unspecified atom stereocenters. The largest absolute Gasteiger partial charge is 0.379 e. The molecular weight excluding hydrogens is 380 g/mol. The minimum absolute atomic E-state index is 0.0539. The number of amides is 1. The highest BCUT2D eigenvalue weighted by Crippen LogP contribution is 2.33. The minimum Gasteiger partial charge on any atom is -0.379 e. The van der Waals surface area contributed by atoms with Crippen LogP contribution in [0.2, 0.25) is 0 Å². The van der Waals surface area contributed by atoms with Crippen LogP contribution < -0.4 is 5.32 Å². The van der Waals surface area contributed by atoms with Crippen molar-refractivity contribution in [3.05, 3.63) is 71.3 Å². The van der Waals surface area contributed by atoms with E-state index in [1.54, 1.807) is 0 Å². The van der Waals surface area contributed by atoms with Crippen molar-refractivity contribution in [2.75, 3.05) is 44.4 Å². The summed E-state index contributed by atoms with van der Waals surface area (Å²) in [5, 5.41) is 3.28. The molecule has 29 heavy (non-hydrogen) atoms. The molecule has 0 spiro atoms. The SMILES string of the molecule is O=C(NCC1(N2CCOCC2)CCSC1)c1ccccc1CCc1ccccc1. The van der Waals surface area contributed by atoms with E-state index in [4.69, 9.17) is 4.74 Å². The molecule has 2 aliphatic heterocycles. The van der Waals surface area contributed by atoms with Crippen LogP contribution >= 0.6 is 11.8 Å². The predicted octanol–water partition coefficient (Wildman–Crippen LogP) is 3.41. The lowest BCUT2D eigenvalue weighted by Gasteiger charge is -2.43. The number of hydrogen-bond acceptors (Lipinski definition) is 4. The lowest BCUT2D eigenvalue weighted by atomic mass is 9.94. The summed E-state index contributed by atoms with van der Waals surface area (Å²) in [5.41, 5.74) is 3.31. The number of carbonyl (C=O) groups is 1. The first-order chi connectivity index (χ1) is 14.3. The van der Waals surface area contributed by atoms with Crippen LogP contribution in [0, 0.1) is 0 Å². The minimum atomic E-state index is 0.0539. The Morgan fingerprint density at radius 2 is 1.79 bits per heavy atom. The number of hydrogen-bond donors (Lipinski definition) is 1. The number of carbonyl (C=O) groups excluding carboxylic acids is 1. The fourth-order valence-corrected chi connectivity index (χ4v) is 5.84. The van der Waals surface area contributed by atoms with Crippen molar-refractivity contribution >= 4 is 17.7 Å². The predicted molar refractivity (Wildman–Crippen MR) is 120 cm³/mol. The molecule has 2 aromatic rings. The Balaban J connectivity index is 1.41. The quantitative estimate of drug-likeness (QED) is 0.760. The van der Waals surface area contributed by atoms with Gasteiger partial charge in [-0.3, -0.25) is 9.69 Å². The van der Waals surface area contributed by atoms with E-state index in [0.29, 0.717) is 6.54 Å².